The number of methoxy groups -OCH3 is 1. The second-order valence-corrected chi connectivity index (χ2v) is 8.42. The van der Waals surface area contributed by atoms with E-state index >= 15 is 0 Å². The normalized spacial score (nSPS) is 16.0. The molecule has 1 aromatic rings. The molecule has 1 amide bonds. The highest BCUT2D eigenvalue weighted by Crippen LogP contribution is 2.33. The van der Waals surface area contributed by atoms with Crippen LogP contribution < -0.4 is 0 Å². The third-order valence-corrected chi connectivity index (χ3v) is 6.72. The average molecular weight is 397 g/mol. The second kappa shape index (κ2) is 7.68. The average Bonchev–Trinajstić information content (AvgIpc) is 2.97. The second-order valence-electron chi connectivity index (χ2n) is 4.83. The third kappa shape index (κ3) is 3.82. The highest BCUT2D eigenvalue weighted by Gasteiger charge is 2.34. The van der Waals surface area contributed by atoms with E-state index in [1.54, 1.807) is 6.92 Å². The van der Waals surface area contributed by atoms with Crippen LogP contribution in [0.3, 0.4) is 0 Å². The van der Waals surface area contributed by atoms with E-state index in [0.717, 1.165) is 11.3 Å². The van der Waals surface area contributed by atoms with Crippen molar-refractivity contribution in [3.8, 4) is 0 Å². The number of piperazine rings is 1. The molecule has 1 aliphatic heterocycles. The molecule has 24 heavy (non-hydrogen) atoms. The topological polar surface area (TPSA) is 93.2 Å². The van der Waals surface area contributed by atoms with Crippen molar-refractivity contribution < 1.29 is 27.5 Å². The van der Waals surface area contributed by atoms with Crippen LogP contribution in [0, 0.1) is 0 Å². The van der Waals surface area contributed by atoms with Gasteiger partial charge in [0.25, 0.3) is 0 Å². The molecule has 1 saturated heterocycles. The minimum atomic E-state index is -3.91. The summed E-state index contributed by atoms with van der Waals surface area (Å²) in [6.07, 6.45) is -0.469. The predicted octanol–water partition coefficient (Wildman–Crippen LogP) is 1.65. The Labute approximate surface area is 148 Å². The zero-order valence-corrected chi connectivity index (χ0v) is 15.5. The molecule has 1 fully saturated rings. The van der Waals surface area contributed by atoms with Crippen LogP contribution in [0.1, 0.15) is 16.6 Å². The Bertz CT molecular complexity index is 725. The number of ether oxygens (including phenoxy) is 2. The van der Waals surface area contributed by atoms with Crippen molar-refractivity contribution in [1.82, 2.24) is 9.21 Å². The van der Waals surface area contributed by atoms with E-state index in [9.17, 15) is 18.0 Å². The molecule has 1 aliphatic rings. The van der Waals surface area contributed by atoms with Crippen LogP contribution in [0.2, 0.25) is 4.34 Å². The first-order chi connectivity index (χ1) is 11.3. The Balaban J connectivity index is 2.18. The zero-order valence-electron chi connectivity index (χ0n) is 13.2. The summed E-state index contributed by atoms with van der Waals surface area (Å²) in [5.74, 6) is -0.754. The molecule has 2 heterocycles. The van der Waals surface area contributed by atoms with Gasteiger partial charge in [-0.3, -0.25) is 0 Å². The Morgan fingerprint density at radius 3 is 2.46 bits per heavy atom. The lowest BCUT2D eigenvalue weighted by molar-refractivity contribution is 0.0602. The maximum atomic E-state index is 12.8. The van der Waals surface area contributed by atoms with E-state index in [-0.39, 0.29) is 46.9 Å². The summed E-state index contributed by atoms with van der Waals surface area (Å²) in [5, 5.41) is 0. The van der Waals surface area contributed by atoms with Crippen molar-refractivity contribution in [3.05, 3.63) is 15.3 Å². The standard InChI is InChI=1S/C13H17ClN2O6S2/c1-3-22-13(18)15-4-6-16(7-5-15)24(19,20)9-8-10(14)23-11(9)12(17)21-2/h8H,3-7H2,1-2H3. The summed E-state index contributed by atoms with van der Waals surface area (Å²) in [6.45, 7) is 2.60. The molecule has 0 bridgehead atoms. The van der Waals surface area contributed by atoms with Gasteiger partial charge in [-0.15, -0.1) is 11.3 Å². The van der Waals surface area contributed by atoms with Gasteiger partial charge in [0, 0.05) is 26.2 Å². The lowest BCUT2D eigenvalue weighted by Gasteiger charge is -2.33. The fourth-order valence-corrected chi connectivity index (χ4v) is 5.36. The molecule has 2 rings (SSSR count). The SMILES string of the molecule is CCOC(=O)N1CCN(S(=O)(=O)c2cc(Cl)sc2C(=O)OC)CC1. The quantitative estimate of drug-likeness (QED) is 0.718. The minimum absolute atomic E-state index is 0.0599. The molecule has 0 atom stereocenters. The van der Waals surface area contributed by atoms with Gasteiger partial charge in [0.05, 0.1) is 18.1 Å². The van der Waals surface area contributed by atoms with Gasteiger partial charge in [-0.2, -0.15) is 4.31 Å². The van der Waals surface area contributed by atoms with Crippen LogP contribution in [0.15, 0.2) is 11.0 Å². The molecule has 0 N–H and O–H groups in total. The number of sulfonamides is 1. The van der Waals surface area contributed by atoms with Gasteiger partial charge in [0.15, 0.2) is 0 Å². The van der Waals surface area contributed by atoms with Crippen LogP contribution in [0.4, 0.5) is 4.79 Å². The summed E-state index contributed by atoms with van der Waals surface area (Å²) >= 11 is 6.72. The molecule has 0 spiro atoms. The van der Waals surface area contributed by atoms with Crippen molar-refractivity contribution in [2.24, 2.45) is 0 Å². The zero-order chi connectivity index (χ0) is 17.9. The van der Waals surface area contributed by atoms with Crippen LogP contribution in [0.5, 0.6) is 0 Å². The van der Waals surface area contributed by atoms with E-state index in [4.69, 9.17) is 16.3 Å². The van der Waals surface area contributed by atoms with Gasteiger partial charge in [0.2, 0.25) is 10.0 Å². The number of halogens is 1. The van der Waals surface area contributed by atoms with Gasteiger partial charge in [-0.05, 0) is 13.0 Å². The van der Waals surface area contributed by atoms with E-state index in [1.165, 1.54) is 22.4 Å². The van der Waals surface area contributed by atoms with Crippen LogP contribution >= 0.6 is 22.9 Å². The van der Waals surface area contributed by atoms with Gasteiger partial charge < -0.3 is 14.4 Å². The largest absolute Gasteiger partial charge is 0.465 e. The van der Waals surface area contributed by atoms with E-state index < -0.39 is 22.1 Å². The summed E-state index contributed by atoms with van der Waals surface area (Å²) in [6, 6.07) is 1.24. The first-order valence-electron chi connectivity index (χ1n) is 7.10. The van der Waals surface area contributed by atoms with E-state index in [1.807, 2.05) is 0 Å². The summed E-state index contributed by atoms with van der Waals surface area (Å²) in [4.78, 5) is 24.6. The molecule has 0 aliphatic carbocycles. The fourth-order valence-electron chi connectivity index (χ4n) is 2.24. The Morgan fingerprint density at radius 2 is 1.92 bits per heavy atom. The lowest BCUT2D eigenvalue weighted by Crippen LogP contribution is -2.50. The molecule has 134 valence electrons. The summed E-state index contributed by atoms with van der Waals surface area (Å²) in [5.41, 5.74) is 0. The van der Waals surface area contributed by atoms with Crippen LogP contribution in [0.25, 0.3) is 0 Å². The molecular weight excluding hydrogens is 380 g/mol. The van der Waals surface area contributed by atoms with Crippen molar-refractivity contribution in [1.29, 1.82) is 0 Å². The molecule has 11 heteroatoms. The molecule has 0 aromatic carbocycles. The number of carbonyl (C=O) groups is 2. The predicted molar refractivity (Wildman–Crippen MR) is 88.0 cm³/mol. The fraction of sp³-hybridized carbons (Fsp3) is 0.538. The minimum Gasteiger partial charge on any atom is -0.465 e. The number of esters is 1. The number of amides is 1. The number of rotatable bonds is 4. The summed E-state index contributed by atoms with van der Waals surface area (Å²) < 4.78 is 36.5. The van der Waals surface area contributed by atoms with Gasteiger partial charge >= 0.3 is 12.1 Å². The van der Waals surface area contributed by atoms with Crippen LogP contribution in [-0.4, -0.2) is 69.6 Å². The lowest BCUT2D eigenvalue weighted by atomic mass is 10.4. The van der Waals surface area contributed by atoms with Crippen molar-refractivity contribution in [2.75, 3.05) is 39.9 Å². The number of hydrogen-bond donors (Lipinski definition) is 0. The summed E-state index contributed by atoms with van der Waals surface area (Å²) in [7, 11) is -2.74. The van der Waals surface area contributed by atoms with Crippen molar-refractivity contribution >= 4 is 45.0 Å². The molecule has 8 nitrogen and oxygen atoms in total. The Kier molecular flexibility index (Phi) is 6.07. The number of hydrogen-bond acceptors (Lipinski definition) is 7. The smallest absolute Gasteiger partial charge is 0.409 e. The Hall–Kier alpha value is -1.36. The number of nitrogens with zero attached hydrogens (tertiary/aromatic N) is 2. The van der Waals surface area contributed by atoms with Gasteiger partial charge in [0.1, 0.15) is 9.77 Å². The first kappa shape index (κ1) is 19.0. The maximum Gasteiger partial charge on any atom is 0.409 e. The monoisotopic (exact) mass is 396 g/mol. The van der Waals surface area contributed by atoms with E-state index in [2.05, 4.69) is 4.74 Å². The Morgan fingerprint density at radius 1 is 1.29 bits per heavy atom. The first-order valence-corrected chi connectivity index (χ1v) is 9.74. The van der Waals surface area contributed by atoms with E-state index in [0.29, 0.717) is 0 Å². The van der Waals surface area contributed by atoms with Crippen LogP contribution in [-0.2, 0) is 19.5 Å². The molecule has 0 unspecified atom stereocenters. The van der Waals surface area contributed by atoms with Gasteiger partial charge in [-0.25, -0.2) is 18.0 Å². The van der Waals surface area contributed by atoms with Crippen molar-refractivity contribution in [2.45, 2.75) is 11.8 Å². The molecule has 0 saturated carbocycles. The number of carbonyl (C=O) groups excluding carboxylic acids is 2. The third-order valence-electron chi connectivity index (χ3n) is 3.42. The molecule has 0 radical (unpaired) electrons. The van der Waals surface area contributed by atoms with Gasteiger partial charge in [-0.1, -0.05) is 11.6 Å². The van der Waals surface area contributed by atoms with Crippen molar-refractivity contribution in [3.63, 3.8) is 0 Å². The molecule has 1 aromatic heterocycles. The maximum absolute atomic E-state index is 12.8. The molecular formula is C13H17ClN2O6S2. The highest BCUT2D eigenvalue weighted by atomic mass is 35.5. The number of thiophene rings is 1. The highest BCUT2D eigenvalue weighted by molar-refractivity contribution is 7.89.